The van der Waals surface area contributed by atoms with Crippen LogP contribution in [0.25, 0.3) is 11.1 Å². The van der Waals surface area contributed by atoms with Gasteiger partial charge in [0, 0.05) is 61.5 Å². The summed E-state index contributed by atoms with van der Waals surface area (Å²) >= 11 is 0. The van der Waals surface area contributed by atoms with Gasteiger partial charge in [0.1, 0.15) is 0 Å². The molecule has 0 saturated heterocycles. The zero-order valence-electron chi connectivity index (χ0n) is 23.3. The van der Waals surface area contributed by atoms with Crippen molar-refractivity contribution >= 4 is 17.5 Å². The largest absolute Gasteiger partial charge is 0.453 e. The molecule has 0 radical (unpaired) electrons. The van der Waals surface area contributed by atoms with Crippen molar-refractivity contribution in [3.8, 4) is 11.1 Å². The Morgan fingerprint density at radius 3 is 2.50 bits per heavy atom. The van der Waals surface area contributed by atoms with Gasteiger partial charge >= 0.3 is 6.09 Å². The molecule has 1 amide bonds. The fourth-order valence-corrected chi connectivity index (χ4v) is 6.77. The molecule has 1 fully saturated rings. The molecular weight excluding hydrogens is 514 g/mol. The molecule has 9 heteroatoms. The summed E-state index contributed by atoms with van der Waals surface area (Å²) in [7, 11) is 4.97. The molecular formula is C31H36F2N4O3. The summed E-state index contributed by atoms with van der Waals surface area (Å²) in [5.41, 5.74) is 7.58. The molecule has 3 aliphatic rings. The number of hydrogen-bond acceptors (Lipinski definition) is 5. The topological polar surface area (TPSA) is 59.8 Å². The van der Waals surface area contributed by atoms with E-state index in [0.29, 0.717) is 36.2 Å². The first kappa shape index (κ1) is 26.7. The maximum Gasteiger partial charge on any atom is 0.410 e. The number of rotatable bonds is 5. The highest BCUT2D eigenvalue weighted by Crippen LogP contribution is 2.46. The maximum atomic E-state index is 14.5. The number of fused-ring (bicyclic) bond motifs is 2. The number of ether oxygens (including phenoxy) is 2. The van der Waals surface area contributed by atoms with Gasteiger partial charge in [0.2, 0.25) is 0 Å². The minimum Gasteiger partial charge on any atom is -0.453 e. The van der Waals surface area contributed by atoms with Gasteiger partial charge in [-0.3, -0.25) is 9.58 Å². The fraction of sp³-hybridized carbons (Fsp3) is 0.484. The summed E-state index contributed by atoms with van der Waals surface area (Å²) in [5.74, 6) is 0.400. The van der Waals surface area contributed by atoms with Crippen molar-refractivity contribution in [2.75, 3.05) is 25.7 Å². The number of amides is 1. The number of nitrogens with zero attached hydrogens (tertiary/aromatic N) is 4. The standard InChI is InChI=1S/C31H36F2N4O3/c1-35-16-23(15-34-35)25-12-20-5-4-10-37(28(20)14-26(25)30(32)33)29-13-21(19-6-8-24(39-2)9-7-19)11-22-17-36(18-27(22)29)31(38)40-3/h11-16,19,24,30H,4-10,17-18H2,1-3H3. The Bertz CT molecular complexity index is 1410. The summed E-state index contributed by atoms with van der Waals surface area (Å²) in [5, 5.41) is 4.21. The van der Waals surface area contributed by atoms with Crippen LogP contribution in [0.5, 0.6) is 0 Å². The van der Waals surface area contributed by atoms with Gasteiger partial charge in [-0.2, -0.15) is 5.10 Å². The van der Waals surface area contributed by atoms with Crippen molar-refractivity contribution in [1.82, 2.24) is 14.7 Å². The second-order valence-corrected chi connectivity index (χ2v) is 11.2. The van der Waals surface area contributed by atoms with Crippen LogP contribution in [0.2, 0.25) is 0 Å². The number of aryl methyl sites for hydroxylation is 2. The molecule has 0 spiro atoms. The molecule has 0 N–H and O–H groups in total. The average Bonchev–Trinajstić information content (AvgIpc) is 3.61. The lowest BCUT2D eigenvalue weighted by molar-refractivity contribution is 0.0658. The van der Waals surface area contributed by atoms with Crippen LogP contribution in [-0.4, -0.2) is 47.6 Å². The summed E-state index contributed by atoms with van der Waals surface area (Å²) in [4.78, 5) is 16.4. The third kappa shape index (κ3) is 4.85. The number of carbonyl (C=O) groups is 1. The minimum atomic E-state index is -2.62. The van der Waals surface area contributed by atoms with E-state index in [1.807, 2.05) is 6.07 Å². The van der Waals surface area contributed by atoms with Crippen LogP contribution in [-0.2, 0) is 36.0 Å². The van der Waals surface area contributed by atoms with Gasteiger partial charge < -0.3 is 14.4 Å². The first-order valence-electron chi connectivity index (χ1n) is 14.1. The normalized spacial score (nSPS) is 20.6. The van der Waals surface area contributed by atoms with Gasteiger partial charge in [-0.25, -0.2) is 13.6 Å². The van der Waals surface area contributed by atoms with Crippen molar-refractivity contribution in [2.24, 2.45) is 7.05 Å². The van der Waals surface area contributed by atoms with E-state index >= 15 is 0 Å². The van der Waals surface area contributed by atoms with Crippen LogP contribution in [0, 0.1) is 0 Å². The third-order valence-electron chi connectivity index (χ3n) is 8.87. The molecule has 7 nitrogen and oxygen atoms in total. The van der Waals surface area contributed by atoms with Gasteiger partial charge in [-0.1, -0.05) is 6.07 Å². The maximum absolute atomic E-state index is 14.5. The Morgan fingerprint density at radius 1 is 1.02 bits per heavy atom. The fourth-order valence-electron chi connectivity index (χ4n) is 6.77. The van der Waals surface area contributed by atoms with Crippen molar-refractivity contribution in [3.05, 3.63) is 64.5 Å². The number of alkyl halides is 2. The van der Waals surface area contributed by atoms with Crippen molar-refractivity contribution in [3.63, 3.8) is 0 Å². The molecule has 2 aromatic carbocycles. The molecule has 6 rings (SSSR count). The molecule has 1 saturated carbocycles. The number of methoxy groups -OCH3 is 2. The predicted octanol–water partition coefficient (Wildman–Crippen LogP) is 6.86. The first-order chi connectivity index (χ1) is 19.4. The number of aromatic nitrogens is 2. The Balaban J connectivity index is 1.44. The van der Waals surface area contributed by atoms with Crippen LogP contribution in [0.3, 0.4) is 0 Å². The second kappa shape index (κ2) is 10.8. The van der Waals surface area contributed by atoms with Crippen LogP contribution in [0.4, 0.5) is 25.0 Å². The van der Waals surface area contributed by atoms with E-state index in [9.17, 15) is 13.6 Å². The van der Waals surface area contributed by atoms with Gasteiger partial charge in [0.05, 0.1) is 26.0 Å². The molecule has 3 aromatic rings. The van der Waals surface area contributed by atoms with Crippen molar-refractivity contribution < 1.29 is 23.0 Å². The number of hydrogen-bond donors (Lipinski definition) is 0. The lowest BCUT2D eigenvalue weighted by atomic mass is 9.81. The summed E-state index contributed by atoms with van der Waals surface area (Å²) in [6, 6.07) is 8.11. The van der Waals surface area contributed by atoms with E-state index in [2.05, 4.69) is 22.1 Å². The van der Waals surface area contributed by atoms with Crippen LogP contribution in [0.1, 0.15) is 72.3 Å². The smallest absolute Gasteiger partial charge is 0.410 e. The van der Waals surface area contributed by atoms with E-state index in [1.54, 1.807) is 42.2 Å². The summed E-state index contributed by atoms with van der Waals surface area (Å²) in [6.07, 6.45) is 6.59. The number of carbonyl (C=O) groups excluding carboxylic acids is 1. The minimum absolute atomic E-state index is 0.0144. The highest BCUT2D eigenvalue weighted by atomic mass is 19.3. The van der Waals surface area contributed by atoms with E-state index in [4.69, 9.17) is 9.47 Å². The zero-order valence-corrected chi connectivity index (χ0v) is 23.3. The SMILES string of the molecule is COC(=O)N1Cc2cc(C3CCC(OC)CC3)cc(N3CCCc4cc(-c5cnn(C)c5)c(C(F)F)cc43)c2C1. The number of benzene rings is 2. The zero-order chi connectivity index (χ0) is 28.0. The second-order valence-electron chi connectivity index (χ2n) is 11.2. The van der Waals surface area contributed by atoms with Gasteiger partial charge in [-0.15, -0.1) is 0 Å². The van der Waals surface area contributed by atoms with E-state index in [-0.39, 0.29) is 11.7 Å². The molecule has 212 valence electrons. The monoisotopic (exact) mass is 550 g/mol. The summed E-state index contributed by atoms with van der Waals surface area (Å²) in [6.45, 7) is 1.65. The van der Waals surface area contributed by atoms with E-state index in [1.165, 1.54) is 12.7 Å². The Morgan fingerprint density at radius 2 is 1.82 bits per heavy atom. The first-order valence-corrected chi connectivity index (χ1v) is 14.1. The van der Waals surface area contributed by atoms with Gasteiger partial charge in [0.25, 0.3) is 6.43 Å². The number of anilines is 2. The highest BCUT2D eigenvalue weighted by molar-refractivity contribution is 5.79. The molecule has 0 atom stereocenters. The lowest BCUT2D eigenvalue weighted by Gasteiger charge is -2.35. The average molecular weight is 551 g/mol. The Labute approximate surface area is 233 Å². The molecule has 0 bridgehead atoms. The van der Waals surface area contributed by atoms with Crippen molar-refractivity contribution in [1.29, 1.82) is 0 Å². The van der Waals surface area contributed by atoms with Crippen LogP contribution in [0.15, 0.2) is 36.7 Å². The van der Waals surface area contributed by atoms with Gasteiger partial charge in [-0.05, 0) is 84.9 Å². The third-order valence-corrected chi connectivity index (χ3v) is 8.87. The lowest BCUT2D eigenvalue weighted by Crippen LogP contribution is -2.27. The van der Waals surface area contributed by atoms with Crippen molar-refractivity contribution in [2.45, 2.75) is 70.1 Å². The van der Waals surface area contributed by atoms with E-state index < -0.39 is 6.43 Å². The molecule has 1 aromatic heterocycles. The quantitative estimate of drug-likeness (QED) is 0.347. The molecule has 40 heavy (non-hydrogen) atoms. The summed E-state index contributed by atoms with van der Waals surface area (Å²) < 4.78 is 41.2. The van der Waals surface area contributed by atoms with Gasteiger partial charge in [0.15, 0.2) is 0 Å². The van der Waals surface area contributed by atoms with E-state index in [0.717, 1.165) is 73.1 Å². The molecule has 0 unspecified atom stereocenters. The molecule has 3 heterocycles. The van der Waals surface area contributed by atoms with Crippen LogP contribution >= 0.6 is 0 Å². The molecule has 1 aliphatic carbocycles. The van der Waals surface area contributed by atoms with Crippen LogP contribution < -0.4 is 4.90 Å². The Kier molecular flexibility index (Phi) is 7.25. The Hall–Kier alpha value is -3.46. The highest BCUT2D eigenvalue weighted by Gasteiger charge is 2.33. The molecule has 2 aliphatic heterocycles. The number of halogens is 2. The predicted molar refractivity (Wildman–Crippen MR) is 149 cm³/mol.